The topological polar surface area (TPSA) is 107 Å². The summed E-state index contributed by atoms with van der Waals surface area (Å²) < 4.78 is 1.06. The summed E-state index contributed by atoms with van der Waals surface area (Å²) in [6.07, 6.45) is -0.320. The highest BCUT2D eigenvalue weighted by molar-refractivity contribution is 6.43. The highest BCUT2D eigenvalue weighted by Gasteiger charge is 2.43. The first kappa shape index (κ1) is 16.4. The smallest absolute Gasteiger partial charge is 0.264 e. The molecule has 24 heavy (non-hydrogen) atoms. The van der Waals surface area contributed by atoms with Crippen LogP contribution in [0.2, 0.25) is 5.21 Å². The first-order valence-corrected chi connectivity index (χ1v) is 7.11. The van der Waals surface area contributed by atoms with Crippen molar-refractivity contribution in [3.05, 3.63) is 28.3 Å². The van der Waals surface area contributed by atoms with Crippen LogP contribution in [0.4, 0.5) is 5.69 Å². The lowest BCUT2D eigenvalue weighted by molar-refractivity contribution is -0.136. The predicted octanol–water partition coefficient (Wildman–Crippen LogP) is -1.88. The average molecular weight is 316 g/mol. The van der Waals surface area contributed by atoms with Gasteiger partial charge < -0.3 is 5.73 Å². The number of rotatable bonds is 1. The summed E-state index contributed by atoms with van der Waals surface area (Å²) >= 11 is 0. The lowest BCUT2D eigenvalue weighted by Crippen LogP contribution is -2.52. The lowest BCUT2D eigenvalue weighted by Gasteiger charge is -2.39. The number of anilines is 1. The third kappa shape index (κ3) is 2.33. The number of carbonyl (C=O) groups is 2. The van der Waals surface area contributed by atoms with Crippen molar-refractivity contribution in [2.24, 2.45) is 0 Å². The predicted molar refractivity (Wildman–Crippen MR) is 91.5 cm³/mol. The van der Waals surface area contributed by atoms with E-state index in [1.54, 1.807) is 0 Å². The Labute approximate surface area is 141 Å². The van der Waals surface area contributed by atoms with Crippen molar-refractivity contribution >= 4 is 57.4 Å². The van der Waals surface area contributed by atoms with Gasteiger partial charge in [0.15, 0.2) is 0 Å². The molecule has 114 valence electrons. The van der Waals surface area contributed by atoms with E-state index >= 15 is 0 Å². The summed E-state index contributed by atoms with van der Waals surface area (Å²) in [6, 6.07) is 1.71. The summed E-state index contributed by atoms with van der Waals surface area (Å²) in [4.78, 5) is 41.0. The molecule has 0 aliphatic carbocycles. The molecule has 1 aliphatic heterocycles. The van der Waals surface area contributed by atoms with Crippen LogP contribution >= 0.6 is 0 Å². The van der Waals surface area contributed by atoms with Gasteiger partial charge in [0.05, 0.1) is 26.6 Å². The quantitative estimate of drug-likeness (QED) is 0.364. The Morgan fingerprint density at radius 3 is 2.62 bits per heavy atom. The van der Waals surface area contributed by atoms with Crippen LogP contribution in [0.25, 0.3) is 10.9 Å². The number of aryl methyl sites for hydroxylation is 1. The molecule has 6 radical (unpaired) electrons. The molecule has 0 spiro atoms. The maximum Gasteiger partial charge on any atom is 0.264 e. The van der Waals surface area contributed by atoms with E-state index in [0.717, 1.165) is 4.57 Å². The van der Waals surface area contributed by atoms with Gasteiger partial charge in [-0.3, -0.25) is 24.3 Å². The fraction of sp³-hybridized carbons (Fsp3) is 0.286. The molecule has 1 atom stereocenters. The Bertz CT molecular complexity index is 954. The molecule has 1 aromatic carbocycles. The fourth-order valence-electron chi connectivity index (χ4n) is 2.98. The summed E-state index contributed by atoms with van der Waals surface area (Å²) in [7, 11) is 17.7. The minimum Gasteiger partial charge on any atom is -0.398 e. The van der Waals surface area contributed by atoms with Gasteiger partial charge in [-0.2, -0.15) is 0 Å². The van der Waals surface area contributed by atoms with Gasteiger partial charge in [-0.1, -0.05) is 16.7 Å². The normalized spacial score (nSPS) is 20.1. The fourth-order valence-corrected chi connectivity index (χ4v) is 2.98. The molecule has 2 amide bonds. The Kier molecular flexibility index (Phi) is 3.58. The van der Waals surface area contributed by atoms with E-state index in [-0.39, 0.29) is 34.3 Å². The SMILES string of the molecule is [B]c1ccc(N)c2c(=O)n(C3C(=O)NC(=O)CC3([B])[B])c(C)nc12. The highest BCUT2D eigenvalue weighted by Crippen LogP contribution is 2.38. The van der Waals surface area contributed by atoms with Gasteiger partial charge in [-0.05, 0) is 13.0 Å². The number of amides is 2. The Morgan fingerprint density at radius 1 is 1.33 bits per heavy atom. The zero-order chi connectivity index (χ0) is 17.8. The molecule has 10 heteroatoms. The molecule has 1 saturated heterocycles. The Balaban J connectivity index is 2.35. The zero-order valence-electron chi connectivity index (χ0n) is 12.9. The maximum atomic E-state index is 12.9. The summed E-state index contributed by atoms with van der Waals surface area (Å²) in [5.41, 5.74) is 5.95. The number of hydrogen-bond donors (Lipinski definition) is 2. The second kappa shape index (κ2) is 5.26. The summed E-state index contributed by atoms with van der Waals surface area (Å²) in [5, 5.41) is 0.463. The molecular weight excluding hydrogens is 305 g/mol. The number of imide groups is 1. The average Bonchev–Trinajstić information content (AvgIpc) is 2.44. The van der Waals surface area contributed by atoms with Crippen LogP contribution in [0.1, 0.15) is 18.3 Å². The molecule has 1 aromatic heterocycles. The first-order valence-electron chi connectivity index (χ1n) is 7.11. The van der Waals surface area contributed by atoms with E-state index < -0.39 is 28.6 Å². The lowest BCUT2D eigenvalue weighted by atomic mass is 9.47. The molecular formula is C14H11B3N4O3. The van der Waals surface area contributed by atoms with Crippen LogP contribution in [0.15, 0.2) is 16.9 Å². The highest BCUT2D eigenvalue weighted by atomic mass is 16.2. The number of piperidine rings is 1. The summed E-state index contributed by atoms with van der Waals surface area (Å²) in [5.74, 6) is -1.20. The molecule has 3 rings (SSSR count). The number of nitrogens with two attached hydrogens (primary N) is 1. The number of nitrogen functional groups attached to an aromatic ring is 1. The zero-order valence-corrected chi connectivity index (χ0v) is 12.9. The number of nitrogens with one attached hydrogen (secondary N) is 1. The molecule has 1 unspecified atom stereocenters. The van der Waals surface area contributed by atoms with E-state index in [1.165, 1.54) is 19.1 Å². The van der Waals surface area contributed by atoms with Gasteiger partial charge in [0.2, 0.25) is 11.8 Å². The molecule has 1 fully saturated rings. The number of nitrogens with zero attached hydrogens (tertiary/aromatic N) is 2. The van der Waals surface area contributed by atoms with Gasteiger partial charge in [0.25, 0.3) is 5.56 Å². The van der Waals surface area contributed by atoms with Crippen molar-refractivity contribution in [3.63, 3.8) is 0 Å². The molecule has 3 N–H and O–H groups in total. The van der Waals surface area contributed by atoms with Crippen molar-refractivity contribution in [3.8, 4) is 0 Å². The number of benzene rings is 1. The number of fused-ring (bicyclic) bond motifs is 1. The van der Waals surface area contributed by atoms with Crippen molar-refractivity contribution in [2.45, 2.75) is 24.6 Å². The van der Waals surface area contributed by atoms with E-state index in [2.05, 4.69) is 10.3 Å². The van der Waals surface area contributed by atoms with Crippen LogP contribution in [0.3, 0.4) is 0 Å². The van der Waals surface area contributed by atoms with Crippen LogP contribution in [0.5, 0.6) is 0 Å². The molecule has 2 heterocycles. The van der Waals surface area contributed by atoms with Crippen LogP contribution < -0.4 is 22.1 Å². The molecule has 2 aromatic rings. The molecule has 0 saturated carbocycles. The van der Waals surface area contributed by atoms with Crippen molar-refractivity contribution in [2.75, 3.05) is 5.73 Å². The Hall–Kier alpha value is -2.51. The van der Waals surface area contributed by atoms with Gasteiger partial charge >= 0.3 is 0 Å². The second-order valence-corrected chi connectivity index (χ2v) is 5.91. The Morgan fingerprint density at radius 2 is 2.00 bits per heavy atom. The largest absolute Gasteiger partial charge is 0.398 e. The third-order valence-corrected chi connectivity index (χ3v) is 4.04. The monoisotopic (exact) mass is 316 g/mol. The standard InChI is InChI=1S/C14H11B3N4O3/c1-5-19-10-6(15)2-3-7(18)9(10)13(24)21(5)11-12(23)20-8(22)4-14(11,16)17/h2-3,11H,4,18H2,1H3,(H,20,22,23). The van der Waals surface area contributed by atoms with Crippen LogP contribution in [-0.4, -0.2) is 44.9 Å². The third-order valence-electron chi connectivity index (χ3n) is 4.04. The van der Waals surface area contributed by atoms with Crippen LogP contribution in [-0.2, 0) is 9.59 Å². The summed E-state index contributed by atoms with van der Waals surface area (Å²) in [6.45, 7) is 1.52. The van der Waals surface area contributed by atoms with Gasteiger partial charge in [0, 0.05) is 12.1 Å². The number of hydrogen-bond acceptors (Lipinski definition) is 5. The minimum atomic E-state index is -1.74. The minimum absolute atomic E-state index is 0.0705. The van der Waals surface area contributed by atoms with E-state index in [1.807, 2.05) is 0 Å². The number of carbonyl (C=O) groups excluding carboxylic acids is 2. The number of aromatic nitrogens is 2. The van der Waals surface area contributed by atoms with E-state index in [9.17, 15) is 14.4 Å². The first-order chi connectivity index (χ1) is 11.1. The van der Waals surface area contributed by atoms with E-state index in [4.69, 9.17) is 29.3 Å². The van der Waals surface area contributed by atoms with Crippen molar-refractivity contribution in [1.29, 1.82) is 0 Å². The molecule has 1 aliphatic rings. The van der Waals surface area contributed by atoms with Crippen molar-refractivity contribution < 1.29 is 9.59 Å². The van der Waals surface area contributed by atoms with Crippen molar-refractivity contribution in [1.82, 2.24) is 14.9 Å². The molecule has 0 bridgehead atoms. The molecule has 7 nitrogen and oxygen atoms in total. The van der Waals surface area contributed by atoms with E-state index in [0.29, 0.717) is 0 Å². The second-order valence-electron chi connectivity index (χ2n) is 5.91. The van der Waals surface area contributed by atoms with Gasteiger partial charge in [-0.25, -0.2) is 4.98 Å². The van der Waals surface area contributed by atoms with Crippen LogP contribution in [0, 0.1) is 6.92 Å². The van der Waals surface area contributed by atoms with Gasteiger partial charge in [0.1, 0.15) is 19.7 Å². The maximum absolute atomic E-state index is 12.9. The van der Waals surface area contributed by atoms with Gasteiger partial charge in [-0.15, -0.1) is 0 Å².